The summed E-state index contributed by atoms with van der Waals surface area (Å²) in [6.07, 6.45) is 5.28. The van der Waals surface area contributed by atoms with E-state index in [9.17, 15) is 0 Å². The molecule has 2 atom stereocenters. The lowest BCUT2D eigenvalue weighted by molar-refractivity contribution is 0.373. The molecule has 1 N–H and O–H groups in total. The monoisotopic (exact) mass is 137 g/mol. The summed E-state index contributed by atoms with van der Waals surface area (Å²) in [6, 6.07) is 0. The van der Waals surface area contributed by atoms with Gasteiger partial charge in [-0.3, -0.25) is 0 Å². The van der Waals surface area contributed by atoms with Gasteiger partial charge in [0.1, 0.15) is 0 Å². The standard InChI is InChI=1S/C9H15N/c1-3-8-5-9(4-2)7-10-6-8/h3-4,8-10H,1-2,5-7H2. The van der Waals surface area contributed by atoms with E-state index in [1.807, 2.05) is 12.2 Å². The number of piperidine rings is 1. The number of rotatable bonds is 2. The lowest BCUT2D eigenvalue weighted by atomic mass is 9.91. The summed E-state index contributed by atoms with van der Waals surface area (Å²) in [5, 5.41) is 3.34. The zero-order valence-electron chi connectivity index (χ0n) is 6.34. The summed E-state index contributed by atoms with van der Waals surface area (Å²) >= 11 is 0. The molecular formula is C9H15N. The summed E-state index contributed by atoms with van der Waals surface area (Å²) in [4.78, 5) is 0. The Morgan fingerprint density at radius 2 is 1.60 bits per heavy atom. The van der Waals surface area contributed by atoms with Crippen molar-refractivity contribution >= 4 is 0 Å². The highest BCUT2D eigenvalue weighted by atomic mass is 14.9. The smallest absolute Gasteiger partial charge is 0.00145 e. The number of nitrogens with one attached hydrogen (secondary N) is 1. The van der Waals surface area contributed by atoms with Crippen molar-refractivity contribution in [2.75, 3.05) is 13.1 Å². The van der Waals surface area contributed by atoms with Gasteiger partial charge in [-0.15, -0.1) is 13.2 Å². The van der Waals surface area contributed by atoms with Gasteiger partial charge in [0, 0.05) is 13.1 Å². The van der Waals surface area contributed by atoms with Gasteiger partial charge in [0.2, 0.25) is 0 Å². The van der Waals surface area contributed by atoms with E-state index in [1.54, 1.807) is 0 Å². The van der Waals surface area contributed by atoms with Gasteiger partial charge in [-0.2, -0.15) is 0 Å². The van der Waals surface area contributed by atoms with E-state index < -0.39 is 0 Å². The van der Waals surface area contributed by atoms with Crippen LogP contribution >= 0.6 is 0 Å². The summed E-state index contributed by atoms with van der Waals surface area (Å²) in [6.45, 7) is 9.74. The molecule has 10 heavy (non-hydrogen) atoms. The lowest BCUT2D eigenvalue weighted by Crippen LogP contribution is -2.34. The fraction of sp³-hybridized carbons (Fsp3) is 0.556. The van der Waals surface area contributed by atoms with E-state index in [1.165, 1.54) is 6.42 Å². The zero-order valence-corrected chi connectivity index (χ0v) is 6.34. The minimum absolute atomic E-state index is 0.650. The molecule has 0 aliphatic carbocycles. The summed E-state index contributed by atoms with van der Waals surface area (Å²) in [7, 11) is 0. The largest absolute Gasteiger partial charge is 0.316 e. The highest BCUT2D eigenvalue weighted by Crippen LogP contribution is 2.17. The van der Waals surface area contributed by atoms with Crippen LogP contribution in [0.1, 0.15) is 6.42 Å². The molecule has 56 valence electrons. The summed E-state index contributed by atoms with van der Waals surface area (Å²) in [5.41, 5.74) is 0. The average molecular weight is 137 g/mol. The maximum Gasteiger partial charge on any atom is 0.00145 e. The van der Waals surface area contributed by atoms with Crippen LogP contribution in [0.25, 0.3) is 0 Å². The Morgan fingerprint density at radius 3 is 2.00 bits per heavy atom. The first-order chi connectivity index (χ1) is 4.86. The molecule has 0 aromatic rings. The fourth-order valence-corrected chi connectivity index (χ4v) is 1.37. The van der Waals surface area contributed by atoms with Gasteiger partial charge in [0.15, 0.2) is 0 Å². The molecule has 1 fully saturated rings. The predicted molar refractivity (Wildman–Crippen MR) is 44.9 cm³/mol. The van der Waals surface area contributed by atoms with Crippen molar-refractivity contribution in [1.82, 2.24) is 5.32 Å². The van der Waals surface area contributed by atoms with Crippen LogP contribution in [-0.2, 0) is 0 Å². The van der Waals surface area contributed by atoms with Gasteiger partial charge >= 0.3 is 0 Å². The molecule has 1 saturated heterocycles. The minimum atomic E-state index is 0.650. The molecule has 1 aliphatic heterocycles. The topological polar surface area (TPSA) is 12.0 Å². The Hall–Kier alpha value is -0.560. The van der Waals surface area contributed by atoms with Crippen molar-refractivity contribution in [1.29, 1.82) is 0 Å². The molecule has 0 radical (unpaired) electrons. The van der Waals surface area contributed by atoms with E-state index in [4.69, 9.17) is 0 Å². The van der Waals surface area contributed by atoms with Crippen molar-refractivity contribution in [2.24, 2.45) is 11.8 Å². The van der Waals surface area contributed by atoms with Crippen molar-refractivity contribution in [3.8, 4) is 0 Å². The summed E-state index contributed by atoms with van der Waals surface area (Å²) in [5.74, 6) is 1.30. The van der Waals surface area contributed by atoms with Crippen molar-refractivity contribution in [3.05, 3.63) is 25.3 Å². The maximum atomic E-state index is 3.78. The molecule has 0 spiro atoms. The molecule has 2 unspecified atom stereocenters. The van der Waals surface area contributed by atoms with Gasteiger partial charge in [-0.25, -0.2) is 0 Å². The Bertz CT molecular complexity index is 115. The molecule has 0 saturated carbocycles. The van der Waals surface area contributed by atoms with Crippen molar-refractivity contribution in [3.63, 3.8) is 0 Å². The SMILES string of the molecule is C=CC1CNCC(C=C)C1. The molecule has 1 heterocycles. The molecule has 0 bridgehead atoms. The summed E-state index contributed by atoms with van der Waals surface area (Å²) < 4.78 is 0. The van der Waals surface area contributed by atoms with Crippen molar-refractivity contribution < 1.29 is 0 Å². The van der Waals surface area contributed by atoms with Gasteiger partial charge in [-0.1, -0.05) is 12.2 Å². The maximum absolute atomic E-state index is 3.78. The van der Waals surface area contributed by atoms with Crippen LogP contribution in [0.3, 0.4) is 0 Å². The molecule has 1 heteroatoms. The normalized spacial score (nSPS) is 33.2. The third kappa shape index (κ3) is 1.71. The Kier molecular flexibility index (Phi) is 2.69. The molecular weight excluding hydrogens is 122 g/mol. The first-order valence-electron chi connectivity index (χ1n) is 3.82. The number of hydrogen-bond acceptors (Lipinski definition) is 1. The third-order valence-corrected chi connectivity index (χ3v) is 2.09. The number of hydrogen-bond donors (Lipinski definition) is 1. The van der Waals surface area contributed by atoms with Crippen LogP contribution in [0.4, 0.5) is 0 Å². The second-order valence-electron chi connectivity index (χ2n) is 2.89. The van der Waals surface area contributed by atoms with Crippen LogP contribution < -0.4 is 5.32 Å². The van der Waals surface area contributed by atoms with E-state index >= 15 is 0 Å². The second kappa shape index (κ2) is 3.57. The molecule has 0 aromatic heterocycles. The first-order valence-corrected chi connectivity index (χ1v) is 3.82. The van der Waals surface area contributed by atoms with Crippen LogP contribution in [0.5, 0.6) is 0 Å². The molecule has 1 nitrogen and oxygen atoms in total. The Labute approximate surface area is 62.8 Å². The van der Waals surface area contributed by atoms with Gasteiger partial charge in [0.05, 0.1) is 0 Å². The third-order valence-electron chi connectivity index (χ3n) is 2.09. The highest BCUT2D eigenvalue weighted by molar-refractivity contribution is 4.92. The minimum Gasteiger partial charge on any atom is -0.316 e. The van der Waals surface area contributed by atoms with Gasteiger partial charge < -0.3 is 5.32 Å². The van der Waals surface area contributed by atoms with Crippen molar-refractivity contribution in [2.45, 2.75) is 6.42 Å². The van der Waals surface area contributed by atoms with Crippen LogP contribution in [0.15, 0.2) is 25.3 Å². The molecule has 1 rings (SSSR count). The van der Waals surface area contributed by atoms with E-state index in [0.717, 1.165) is 13.1 Å². The Morgan fingerprint density at radius 1 is 1.10 bits per heavy atom. The van der Waals surface area contributed by atoms with Gasteiger partial charge in [-0.05, 0) is 18.3 Å². The highest BCUT2D eigenvalue weighted by Gasteiger charge is 2.15. The molecule has 0 amide bonds. The van der Waals surface area contributed by atoms with Crippen LogP contribution in [-0.4, -0.2) is 13.1 Å². The van der Waals surface area contributed by atoms with E-state index in [0.29, 0.717) is 11.8 Å². The van der Waals surface area contributed by atoms with Gasteiger partial charge in [0.25, 0.3) is 0 Å². The van der Waals surface area contributed by atoms with Crippen LogP contribution in [0, 0.1) is 11.8 Å². The first kappa shape index (κ1) is 7.55. The fourth-order valence-electron chi connectivity index (χ4n) is 1.37. The Balaban J connectivity index is 2.38. The average Bonchev–Trinajstić information content (AvgIpc) is 2.05. The predicted octanol–water partition coefficient (Wildman–Crippen LogP) is 1.58. The van der Waals surface area contributed by atoms with Crippen LogP contribution in [0.2, 0.25) is 0 Å². The van der Waals surface area contributed by atoms with E-state index in [-0.39, 0.29) is 0 Å². The zero-order chi connectivity index (χ0) is 7.40. The lowest BCUT2D eigenvalue weighted by Gasteiger charge is -2.25. The second-order valence-corrected chi connectivity index (χ2v) is 2.89. The molecule has 0 aromatic carbocycles. The quantitative estimate of drug-likeness (QED) is 0.570. The van der Waals surface area contributed by atoms with E-state index in [2.05, 4.69) is 18.5 Å². The molecule has 1 aliphatic rings.